The SMILES string of the molecule is Cc1cc(-c2cccc(-n3c4ccccc4c4ccc([Si@]5(c6ccccn6)C6=CCCC=C6c6ccccc65)cc43)c2)n[nH]1. The van der Waals surface area contributed by atoms with Crippen LogP contribution < -0.4 is 15.7 Å². The van der Waals surface area contributed by atoms with E-state index >= 15 is 0 Å². The Balaban J connectivity index is 1.36. The highest BCUT2D eigenvalue weighted by Crippen LogP contribution is 2.41. The number of benzene rings is 4. The molecule has 44 heavy (non-hydrogen) atoms. The molecule has 2 aliphatic rings. The quantitative estimate of drug-likeness (QED) is 0.227. The molecule has 0 saturated heterocycles. The minimum absolute atomic E-state index is 0.957. The van der Waals surface area contributed by atoms with E-state index in [2.05, 4.69) is 136 Å². The van der Waals surface area contributed by atoms with E-state index in [4.69, 9.17) is 4.98 Å². The normalized spacial score (nSPS) is 17.4. The number of H-pyrrole nitrogens is 1. The molecule has 0 radical (unpaired) electrons. The predicted molar refractivity (Wildman–Crippen MR) is 184 cm³/mol. The molecule has 1 atom stereocenters. The highest BCUT2D eigenvalue weighted by molar-refractivity contribution is 7.18. The molecule has 4 nitrogen and oxygen atoms in total. The topological polar surface area (TPSA) is 46.5 Å². The summed E-state index contributed by atoms with van der Waals surface area (Å²) in [5.74, 6) is 0. The molecular formula is C39H30N4Si. The van der Waals surface area contributed by atoms with Crippen molar-refractivity contribution in [2.45, 2.75) is 19.8 Å². The van der Waals surface area contributed by atoms with Gasteiger partial charge in [-0.15, -0.1) is 0 Å². The molecule has 5 heteroatoms. The monoisotopic (exact) mass is 582 g/mol. The van der Waals surface area contributed by atoms with Gasteiger partial charge in [-0.3, -0.25) is 10.1 Å². The van der Waals surface area contributed by atoms with Gasteiger partial charge in [0.15, 0.2) is 0 Å². The Hall–Kier alpha value is -5.26. The maximum absolute atomic E-state index is 5.13. The zero-order chi connectivity index (χ0) is 29.3. The number of aryl methyl sites for hydroxylation is 1. The van der Waals surface area contributed by atoms with Gasteiger partial charge in [0.05, 0.1) is 16.7 Å². The molecule has 0 fully saturated rings. The molecule has 3 aromatic heterocycles. The number of rotatable bonds is 4. The molecule has 0 amide bonds. The Kier molecular flexibility index (Phi) is 5.53. The summed E-state index contributed by atoms with van der Waals surface area (Å²) in [7, 11) is -2.66. The highest BCUT2D eigenvalue weighted by Gasteiger charge is 2.52. The van der Waals surface area contributed by atoms with E-state index in [9.17, 15) is 0 Å². The minimum atomic E-state index is -2.66. The molecule has 4 aromatic carbocycles. The Morgan fingerprint density at radius 2 is 1.57 bits per heavy atom. The van der Waals surface area contributed by atoms with Crippen LogP contribution in [0.3, 0.4) is 0 Å². The van der Waals surface area contributed by atoms with Crippen molar-refractivity contribution in [2.24, 2.45) is 0 Å². The van der Waals surface area contributed by atoms with Crippen molar-refractivity contribution in [3.63, 3.8) is 0 Å². The zero-order valence-corrected chi connectivity index (χ0v) is 25.5. The maximum atomic E-state index is 5.13. The van der Waals surface area contributed by atoms with Gasteiger partial charge < -0.3 is 4.57 Å². The van der Waals surface area contributed by atoms with Crippen LogP contribution in [0.4, 0.5) is 0 Å². The number of pyridine rings is 1. The number of para-hydroxylation sites is 1. The van der Waals surface area contributed by atoms with Crippen molar-refractivity contribution < 1.29 is 0 Å². The lowest BCUT2D eigenvalue weighted by molar-refractivity contribution is 1.04. The second-order valence-corrected chi connectivity index (χ2v) is 15.6. The third-order valence-electron chi connectivity index (χ3n) is 9.44. The van der Waals surface area contributed by atoms with E-state index in [-0.39, 0.29) is 0 Å². The molecule has 4 heterocycles. The summed E-state index contributed by atoms with van der Waals surface area (Å²) >= 11 is 0. The van der Waals surface area contributed by atoms with Crippen LogP contribution in [0.2, 0.25) is 0 Å². The molecule has 9 rings (SSSR count). The summed E-state index contributed by atoms with van der Waals surface area (Å²) in [6.07, 6.45) is 9.10. The molecule has 1 aliphatic carbocycles. The van der Waals surface area contributed by atoms with Gasteiger partial charge in [0.2, 0.25) is 8.07 Å². The van der Waals surface area contributed by atoms with Crippen molar-refractivity contribution in [2.75, 3.05) is 0 Å². The number of hydrogen-bond acceptors (Lipinski definition) is 2. The zero-order valence-electron chi connectivity index (χ0n) is 24.5. The molecule has 0 spiro atoms. The van der Waals surface area contributed by atoms with E-state index in [1.54, 1.807) is 0 Å². The molecule has 0 unspecified atom stereocenters. The first kappa shape index (κ1) is 25.3. The third-order valence-corrected chi connectivity index (χ3v) is 14.2. The smallest absolute Gasteiger partial charge is 0.202 e. The van der Waals surface area contributed by atoms with Gasteiger partial charge in [-0.1, -0.05) is 84.9 Å². The first-order chi connectivity index (χ1) is 21.7. The van der Waals surface area contributed by atoms with Crippen LogP contribution in [0.5, 0.6) is 0 Å². The van der Waals surface area contributed by atoms with Crippen LogP contribution in [0.1, 0.15) is 24.1 Å². The molecule has 1 aliphatic heterocycles. The minimum Gasteiger partial charge on any atom is -0.309 e. The first-order valence-electron chi connectivity index (χ1n) is 15.3. The number of aromatic nitrogens is 4. The van der Waals surface area contributed by atoms with Crippen LogP contribution in [0.15, 0.2) is 139 Å². The van der Waals surface area contributed by atoms with Crippen molar-refractivity contribution >= 4 is 51.1 Å². The van der Waals surface area contributed by atoms with Crippen LogP contribution in [-0.4, -0.2) is 27.8 Å². The first-order valence-corrected chi connectivity index (χ1v) is 17.3. The molecule has 1 N–H and O–H groups in total. The Morgan fingerprint density at radius 1 is 0.727 bits per heavy atom. The highest BCUT2D eigenvalue weighted by atomic mass is 28.3. The van der Waals surface area contributed by atoms with Gasteiger partial charge in [0.25, 0.3) is 0 Å². The van der Waals surface area contributed by atoms with Crippen molar-refractivity contribution in [1.29, 1.82) is 0 Å². The molecule has 7 aromatic rings. The van der Waals surface area contributed by atoms with Crippen LogP contribution in [0.25, 0.3) is 44.3 Å². The summed E-state index contributed by atoms with van der Waals surface area (Å²) in [4.78, 5) is 5.13. The van der Waals surface area contributed by atoms with E-state index in [1.807, 2.05) is 19.2 Å². The van der Waals surface area contributed by atoms with E-state index in [0.29, 0.717) is 0 Å². The average molecular weight is 583 g/mol. The summed E-state index contributed by atoms with van der Waals surface area (Å²) in [6.45, 7) is 2.04. The number of aromatic amines is 1. The van der Waals surface area contributed by atoms with Gasteiger partial charge in [-0.2, -0.15) is 5.10 Å². The van der Waals surface area contributed by atoms with Gasteiger partial charge >= 0.3 is 0 Å². The summed E-state index contributed by atoms with van der Waals surface area (Å²) in [6, 6.07) is 42.4. The largest absolute Gasteiger partial charge is 0.309 e. The fourth-order valence-corrected chi connectivity index (χ4v) is 12.8. The summed E-state index contributed by atoms with van der Waals surface area (Å²) in [5, 5.41) is 15.7. The number of allylic oxidation sites excluding steroid dienone is 4. The van der Waals surface area contributed by atoms with E-state index in [1.165, 1.54) is 53.8 Å². The molecular weight excluding hydrogens is 553 g/mol. The maximum Gasteiger partial charge on any atom is 0.202 e. The molecule has 0 bridgehead atoms. The van der Waals surface area contributed by atoms with Crippen molar-refractivity contribution in [1.82, 2.24) is 19.7 Å². The fourth-order valence-electron chi connectivity index (χ4n) is 7.65. The second kappa shape index (κ2) is 9.63. The van der Waals surface area contributed by atoms with Crippen LogP contribution in [0, 0.1) is 6.92 Å². The predicted octanol–water partition coefficient (Wildman–Crippen LogP) is 7.00. The van der Waals surface area contributed by atoms with E-state index in [0.717, 1.165) is 35.5 Å². The van der Waals surface area contributed by atoms with Gasteiger partial charge in [0.1, 0.15) is 0 Å². The van der Waals surface area contributed by atoms with Gasteiger partial charge in [0, 0.05) is 39.2 Å². The second-order valence-electron chi connectivity index (χ2n) is 11.9. The summed E-state index contributed by atoms with van der Waals surface area (Å²) in [5.41, 5.74) is 9.44. The number of nitrogens with zero attached hydrogens (tertiary/aromatic N) is 3. The third kappa shape index (κ3) is 3.50. The van der Waals surface area contributed by atoms with Crippen LogP contribution in [-0.2, 0) is 0 Å². The number of nitrogens with one attached hydrogen (secondary N) is 1. The number of fused-ring (bicyclic) bond motifs is 6. The summed E-state index contributed by atoms with van der Waals surface area (Å²) < 4.78 is 2.44. The van der Waals surface area contributed by atoms with E-state index < -0.39 is 8.07 Å². The Labute approximate surface area is 257 Å². The Morgan fingerprint density at radius 3 is 2.45 bits per heavy atom. The van der Waals surface area contributed by atoms with Crippen molar-refractivity contribution in [3.05, 3.63) is 150 Å². The van der Waals surface area contributed by atoms with Gasteiger partial charge in [-0.05, 0) is 88.9 Å². The lowest BCUT2D eigenvalue weighted by Crippen LogP contribution is -2.67. The lowest BCUT2D eigenvalue weighted by Gasteiger charge is -2.31. The number of hydrogen-bond donors (Lipinski definition) is 1. The molecule has 210 valence electrons. The van der Waals surface area contributed by atoms with Gasteiger partial charge in [-0.25, -0.2) is 0 Å². The average Bonchev–Trinajstić information content (AvgIpc) is 3.76. The standard InChI is InChI=1S/C39H30N4Si/c1-26-23-34(42-41-26)27-11-10-12-28(24-27)43-35-16-5-2-13-30(35)31-21-20-29(25-36(31)43)44(39-19-8-9-22-40-39)37-17-6-3-14-32(37)33-15-4-7-18-38(33)44/h2-3,5-6,8-25H,4,7H2,1H3,(H,41,42)/t44-/m1/s1. The fraction of sp³-hybridized carbons (Fsp3) is 0.0769. The molecule has 0 saturated carbocycles. The Bertz CT molecular complexity index is 2310. The van der Waals surface area contributed by atoms with Crippen molar-refractivity contribution in [3.8, 4) is 16.9 Å². The van der Waals surface area contributed by atoms with Crippen LogP contribution >= 0.6 is 0 Å². The lowest BCUT2D eigenvalue weighted by atomic mass is 10.00.